The fourth-order valence-electron chi connectivity index (χ4n) is 6.82. The molecule has 6 rings (SSSR count). The molecule has 2 N–H and O–H groups in total. The van der Waals surface area contributed by atoms with Crippen LogP contribution in [0.15, 0.2) is 53.4 Å². The van der Waals surface area contributed by atoms with Gasteiger partial charge in [0.05, 0.1) is 12.3 Å². The second-order valence-corrected chi connectivity index (χ2v) is 17.0. The molecule has 2 heterocycles. The number of likely N-dealkylation sites (N-methyl/N-ethyl adjacent to an activating group) is 2. The van der Waals surface area contributed by atoms with Crippen LogP contribution < -0.4 is 19.7 Å². The molecule has 2 aliphatic carbocycles. The summed E-state index contributed by atoms with van der Waals surface area (Å²) in [5, 5.41) is 3.85. The molecule has 1 spiro atoms. The van der Waals surface area contributed by atoms with E-state index in [9.17, 15) is 9.59 Å². The van der Waals surface area contributed by atoms with Crippen molar-refractivity contribution in [2.75, 3.05) is 65.1 Å². The lowest BCUT2D eigenvalue weighted by atomic mass is 9.70. The minimum Gasteiger partial charge on any atom is -0.490 e. The van der Waals surface area contributed by atoms with Gasteiger partial charge in [-0.1, -0.05) is 30.2 Å². The summed E-state index contributed by atoms with van der Waals surface area (Å²) in [6.07, 6.45) is 15.2. The number of amides is 2. The minimum atomic E-state index is -0.480. The van der Waals surface area contributed by atoms with Crippen molar-refractivity contribution >= 4 is 48.9 Å². The Morgan fingerprint density at radius 1 is 1.17 bits per heavy atom. The Morgan fingerprint density at radius 3 is 2.66 bits per heavy atom. The Labute approximate surface area is 291 Å². The maximum Gasteiger partial charge on any atom is 0.409 e. The average molecular weight is 701 g/mol. The zero-order valence-electron chi connectivity index (χ0n) is 28.2. The molecule has 256 valence electrons. The van der Waals surface area contributed by atoms with Gasteiger partial charge in [0.25, 0.3) is 5.65 Å². The normalized spacial score (nSPS) is 21.4. The van der Waals surface area contributed by atoms with Crippen molar-refractivity contribution in [3.05, 3.63) is 64.7 Å². The van der Waals surface area contributed by atoms with E-state index < -0.39 is 7.92 Å². The highest BCUT2D eigenvalue weighted by molar-refractivity contribution is 7.99. The SMILES string of the molecule is CN1C[C@@]2(CCCc3cc(Cl)ccc32)COc2ccc(SNC(=O)P3CCCC3)cc21.CNC/C=C/C(OC(=O)N(C)C)C1CCC1. The third-order valence-corrected chi connectivity index (χ3v) is 13.2. The number of halogens is 1. The first-order chi connectivity index (χ1) is 22.7. The highest BCUT2D eigenvalue weighted by Gasteiger charge is 2.41. The molecular weight excluding hydrogens is 651 g/mol. The Morgan fingerprint density at radius 2 is 1.96 bits per heavy atom. The van der Waals surface area contributed by atoms with Gasteiger partial charge in [-0.2, -0.15) is 0 Å². The summed E-state index contributed by atoms with van der Waals surface area (Å²) in [7, 11) is 6.98. The number of hydrogen-bond acceptors (Lipinski definition) is 7. The van der Waals surface area contributed by atoms with Crippen molar-refractivity contribution in [3.8, 4) is 5.75 Å². The molecule has 47 heavy (non-hydrogen) atoms. The van der Waals surface area contributed by atoms with E-state index in [1.807, 2.05) is 37.4 Å². The Hall–Kier alpha value is -2.45. The fourth-order valence-corrected chi connectivity index (χ4v) is 10.0. The van der Waals surface area contributed by atoms with Crippen LogP contribution in [-0.2, 0) is 16.6 Å². The zero-order chi connectivity index (χ0) is 33.4. The first-order valence-corrected chi connectivity index (χ1v) is 19.8. The number of rotatable bonds is 8. The molecule has 1 saturated heterocycles. The van der Waals surface area contributed by atoms with E-state index in [2.05, 4.69) is 40.2 Å². The largest absolute Gasteiger partial charge is 0.490 e. The van der Waals surface area contributed by atoms with Crippen molar-refractivity contribution in [2.24, 2.45) is 5.92 Å². The van der Waals surface area contributed by atoms with Crippen LogP contribution in [0.1, 0.15) is 56.1 Å². The lowest BCUT2D eigenvalue weighted by Crippen LogP contribution is -2.44. The lowest BCUT2D eigenvalue weighted by molar-refractivity contribution is 0.0448. The van der Waals surface area contributed by atoms with E-state index in [4.69, 9.17) is 21.1 Å². The van der Waals surface area contributed by atoms with Crippen LogP contribution in [0.5, 0.6) is 5.75 Å². The molecule has 2 fully saturated rings. The standard InChI is InChI=1S/C24H28ClN2O2PS.C12H22N2O2/c1-27-15-24(10-4-5-17-13-18(25)6-8-20(17)24)16-29-22-9-7-19(14-21(22)27)31-26-23(28)30-11-2-3-12-30;1-13-9-5-8-11(10-6-4-7-10)16-12(15)14(2)3/h6-9,13-14H,2-5,10-12,15-16H2,1H3,(H,26,28);5,8,10-11,13H,4,6-7,9H2,1-3H3/b;8-5+/t24-;/m0./s1. The number of hydrogen-bond donors (Lipinski definition) is 2. The maximum atomic E-state index is 12.4. The van der Waals surface area contributed by atoms with Gasteiger partial charge in [-0.05, 0) is 138 Å². The molecule has 2 aliphatic heterocycles. The van der Waals surface area contributed by atoms with Crippen molar-refractivity contribution in [2.45, 2.75) is 67.8 Å². The summed E-state index contributed by atoms with van der Waals surface area (Å²) in [5.74, 6) is 1.42. The van der Waals surface area contributed by atoms with E-state index in [1.165, 1.54) is 47.2 Å². The van der Waals surface area contributed by atoms with Crippen LogP contribution in [-0.4, -0.2) is 83.0 Å². The van der Waals surface area contributed by atoms with Gasteiger partial charge in [-0.15, -0.1) is 0 Å². The Kier molecular flexibility index (Phi) is 12.8. The predicted octanol–water partition coefficient (Wildman–Crippen LogP) is 8.06. The lowest BCUT2D eigenvalue weighted by Gasteiger charge is -2.39. The maximum absolute atomic E-state index is 12.4. The molecule has 1 saturated carbocycles. The van der Waals surface area contributed by atoms with Gasteiger partial charge in [0.15, 0.2) is 0 Å². The summed E-state index contributed by atoms with van der Waals surface area (Å²) >= 11 is 7.71. The molecule has 11 heteroatoms. The Balaban J connectivity index is 0.000000230. The minimum absolute atomic E-state index is 0.0292. The van der Waals surface area contributed by atoms with Crippen LogP contribution in [0.25, 0.3) is 0 Å². The number of nitrogens with one attached hydrogen (secondary N) is 2. The number of anilines is 1. The monoisotopic (exact) mass is 700 g/mol. The third kappa shape index (κ3) is 9.17. The molecule has 4 aliphatic rings. The predicted molar refractivity (Wildman–Crippen MR) is 196 cm³/mol. The van der Waals surface area contributed by atoms with Crippen molar-refractivity contribution in [1.82, 2.24) is 14.9 Å². The first kappa shape index (κ1) is 35.8. The number of aryl methyl sites for hydroxylation is 1. The zero-order valence-corrected chi connectivity index (χ0v) is 30.7. The van der Waals surface area contributed by atoms with E-state index in [-0.39, 0.29) is 23.3 Å². The molecule has 2 amide bonds. The number of ether oxygens (including phenoxy) is 2. The summed E-state index contributed by atoms with van der Waals surface area (Å²) in [6.45, 7) is 2.38. The number of fused-ring (bicyclic) bond motifs is 3. The second-order valence-electron chi connectivity index (χ2n) is 13.3. The summed E-state index contributed by atoms with van der Waals surface area (Å²) in [5.41, 5.74) is 4.02. The molecule has 1 unspecified atom stereocenters. The van der Waals surface area contributed by atoms with E-state index in [1.54, 1.807) is 14.1 Å². The van der Waals surface area contributed by atoms with E-state index >= 15 is 0 Å². The van der Waals surface area contributed by atoms with Gasteiger partial charge < -0.3 is 24.6 Å². The molecule has 0 aromatic heterocycles. The van der Waals surface area contributed by atoms with Crippen molar-refractivity contribution < 1.29 is 19.1 Å². The molecule has 2 aromatic carbocycles. The summed E-state index contributed by atoms with van der Waals surface area (Å²) in [6, 6.07) is 12.6. The smallest absolute Gasteiger partial charge is 0.409 e. The van der Waals surface area contributed by atoms with E-state index in [0.29, 0.717) is 12.5 Å². The highest BCUT2D eigenvalue weighted by atomic mass is 35.5. The van der Waals surface area contributed by atoms with Gasteiger partial charge in [0.2, 0.25) is 0 Å². The third-order valence-electron chi connectivity index (χ3n) is 9.64. The number of carbonyl (C=O) groups is 2. The first-order valence-electron chi connectivity index (χ1n) is 16.9. The molecule has 8 nitrogen and oxygen atoms in total. The van der Waals surface area contributed by atoms with Crippen molar-refractivity contribution in [1.29, 1.82) is 0 Å². The molecule has 0 bridgehead atoms. The second kappa shape index (κ2) is 16.8. The van der Waals surface area contributed by atoms with E-state index in [0.717, 1.165) is 78.9 Å². The number of benzene rings is 2. The van der Waals surface area contributed by atoms with Crippen LogP contribution in [0.3, 0.4) is 0 Å². The van der Waals surface area contributed by atoms with Gasteiger partial charge in [0.1, 0.15) is 11.9 Å². The van der Waals surface area contributed by atoms with Crippen LogP contribution in [0, 0.1) is 5.92 Å². The van der Waals surface area contributed by atoms with Gasteiger partial charge in [-0.25, -0.2) is 4.79 Å². The molecular formula is C36H50ClN4O4PS. The highest BCUT2D eigenvalue weighted by Crippen LogP contribution is 2.46. The van der Waals surface area contributed by atoms with Crippen LogP contribution in [0.2, 0.25) is 5.02 Å². The molecule has 2 atom stereocenters. The van der Waals surface area contributed by atoms with Gasteiger partial charge in [0, 0.05) is 49.6 Å². The Bertz CT molecular complexity index is 1420. The number of carbonyl (C=O) groups excluding carboxylic acids is 2. The van der Waals surface area contributed by atoms with Crippen LogP contribution in [0.4, 0.5) is 15.3 Å². The summed E-state index contributed by atoms with van der Waals surface area (Å²) < 4.78 is 14.9. The molecule has 2 aromatic rings. The van der Waals surface area contributed by atoms with Gasteiger partial charge >= 0.3 is 6.09 Å². The summed E-state index contributed by atoms with van der Waals surface area (Å²) in [4.78, 5) is 28.7. The number of nitrogens with zero attached hydrogens (tertiary/aromatic N) is 2. The van der Waals surface area contributed by atoms with Crippen molar-refractivity contribution in [3.63, 3.8) is 0 Å². The average Bonchev–Trinajstić information content (AvgIpc) is 3.53. The van der Waals surface area contributed by atoms with Gasteiger partial charge in [-0.3, -0.25) is 9.52 Å². The topological polar surface area (TPSA) is 83.1 Å². The van der Waals surface area contributed by atoms with Crippen LogP contribution >= 0.6 is 31.5 Å². The quantitative estimate of drug-likeness (QED) is 0.164. The molecule has 0 radical (unpaired) electrons. The fraction of sp³-hybridized carbons (Fsp3) is 0.556.